The van der Waals surface area contributed by atoms with Crippen LogP contribution in [0.3, 0.4) is 0 Å². The van der Waals surface area contributed by atoms with E-state index in [1.807, 2.05) is 0 Å². The average molecular weight is 473 g/mol. The van der Waals surface area contributed by atoms with Crippen molar-refractivity contribution in [3.63, 3.8) is 0 Å². The van der Waals surface area contributed by atoms with E-state index in [-0.39, 0.29) is 20.9 Å². The third-order valence-electron chi connectivity index (χ3n) is 3.19. The van der Waals surface area contributed by atoms with Crippen molar-refractivity contribution in [2.24, 2.45) is 0 Å². The molecule has 6 nitrogen and oxygen atoms in total. The van der Waals surface area contributed by atoms with Crippen LogP contribution in [0.2, 0.25) is 5.28 Å². The number of nitrogens with zero attached hydrogens (tertiary/aromatic N) is 2. The van der Waals surface area contributed by atoms with Crippen molar-refractivity contribution in [1.29, 1.82) is 0 Å². The molecule has 2 heterocycles. The summed E-state index contributed by atoms with van der Waals surface area (Å²) in [7, 11) is 0. The topological polar surface area (TPSA) is 77.2 Å². The number of amides is 1. The van der Waals surface area contributed by atoms with Crippen molar-refractivity contribution in [2.45, 2.75) is 50.3 Å². The van der Waals surface area contributed by atoms with Gasteiger partial charge in [-0.3, -0.25) is 0 Å². The van der Waals surface area contributed by atoms with Gasteiger partial charge in [0.05, 0.1) is 4.47 Å². The molecule has 144 valence electrons. The summed E-state index contributed by atoms with van der Waals surface area (Å²) in [6.45, 7) is 6.06. The molecule has 1 atom stereocenters. The van der Waals surface area contributed by atoms with Crippen LogP contribution in [-0.2, 0) is 10.7 Å². The first-order chi connectivity index (χ1) is 11.9. The molecule has 1 unspecified atom stereocenters. The number of aromatic nitrogens is 2. The lowest BCUT2D eigenvalue weighted by molar-refractivity contribution is -0.0582. The van der Waals surface area contributed by atoms with Gasteiger partial charge in [0, 0.05) is 0 Å². The highest BCUT2D eigenvalue weighted by atomic mass is 79.9. The maximum atomic E-state index is 14.9. The Morgan fingerprint density at radius 2 is 2.00 bits per heavy atom. The third-order valence-corrected chi connectivity index (χ3v) is 4.76. The van der Waals surface area contributed by atoms with Crippen LogP contribution >= 0.6 is 39.3 Å². The van der Waals surface area contributed by atoms with E-state index in [1.54, 1.807) is 27.0 Å². The van der Waals surface area contributed by atoms with Crippen LogP contribution in [0.5, 0.6) is 0 Å². The van der Waals surface area contributed by atoms with Crippen LogP contribution in [0.4, 0.5) is 13.6 Å². The van der Waals surface area contributed by atoms with Crippen LogP contribution < -0.4 is 5.32 Å². The van der Waals surface area contributed by atoms with Crippen LogP contribution in [-0.4, -0.2) is 34.0 Å². The molecule has 1 amide bonds. The summed E-state index contributed by atoms with van der Waals surface area (Å²) in [5.74, 6) is -4.22. The number of alkyl carbamates (subject to hydrolysis) is 1. The number of thioether (sulfide) groups is 1. The normalized spacial score (nSPS) is 13.7. The van der Waals surface area contributed by atoms with Gasteiger partial charge in [-0.05, 0) is 61.5 Å². The van der Waals surface area contributed by atoms with E-state index in [0.29, 0.717) is 5.03 Å². The number of nitrogens with one attached hydrogen (secondary N) is 1. The van der Waals surface area contributed by atoms with Crippen LogP contribution in [0.1, 0.15) is 33.5 Å². The summed E-state index contributed by atoms with van der Waals surface area (Å²) >= 11 is 10.1. The number of ether oxygens (including phenoxy) is 1. The Balaban J connectivity index is 2.39. The highest BCUT2D eigenvalue weighted by Crippen LogP contribution is 2.43. The highest BCUT2D eigenvalue weighted by molar-refractivity contribution is 9.10. The first-order valence-corrected chi connectivity index (χ1v) is 9.83. The molecule has 0 saturated heterocycles. The summed E-state index contributed by atoms with van der Waals surface area (Å²) in [5, 5.41) is 2.37. The van der Waals surface area contributed by atoms with Crippen molar-refractivity contribution in [3.05, 3.63) is 15.5 Å². The highest BCUT2D eigenvalue weighted by Gasteiger charge is 2.46. The molecule has 0 bridgehead atoms. The standard InChI is InChI=1S/C15H17BrClF2N3O3S/c1-6(20-13(23)25-14(2,3)4)15(18,19)10-7(16)8-9(24-10)11(26-5)22-12(17)21-8/h6H,1-5H3,(H,20,23). The molecular weight excluding hydrogens is 456 g/mol. The lowest BCUT2D eigenvalue weighted by Gasteiger charge is -2.25. The average Bonchev–Trinajstić information content (AvgIpc) is 2.82. The number of furan rings is 1. The second-order valence-corrected chi connectivity index (χ2v) is 8.34. The lowest BCUT2D eigenvalue weighted by Crippen LogP contribution is -2.45. The summed E-state index contributed by atoms with van der Waals surface area (Å²) in [5.41, 5.74) is -0.583. The fourth-order valence-corrected chi connectivity index (χ4v) is 3.36. The number of hydrogen-bond acceptors (Lipinski definition) is 6. The molecule has 2 aromatic heterocycles. The van der Waals surface area contributed by atoms with Crippen molar-refractivity contribution in [1.82, 2.24) is 15.3 Å². The molecule has 0 radical (unpaired) electrons. The summed E-state index contributed by atoms with van der Waals surface area (Å²) in [6, 6.07) is -1.60. The molecule has 26 heavy (non-hydrogen) atoms. The largest absolute Gasteiger partial charge is 0.449 e. The number of carbonyl (C=O) groups is 1. The van der Waals surface area contributed by atoms with E-state index >= 15 is 0 Å². The van der Waals surface area contributed by atoms with Crippen molar-refractivity contribution in [3.8, 4) is 0 Å². The first-order valence-electron chi connectivity index (χ1n) is 7.44. The molecule has 0 aliphatic heterocycles. The maximum Gasteiger partial charge on any atom is 0.408 e. The molecule has 0 aliphatic carbocycles. The fraction of sp³-hybridized carbons (Fsp3) is 0.533. The van der Waals surface area contributed by atoms with Gasteiger partial charge in [-0.15, -0.1) is 11.8 Å². The SMILES string of the molecule is CSc1nc(Cl)nc2c(Br)c(C(F)(F)C(C)NC(=O)OC(C)(C)C)oc12. The van der Waals surface area contributed by atoms with E-state index in [9.17, 15) is 13.6 Å². The molecule has 0 fully saturated rings. The maximum absolute atomic E-state index is 14.9. The number of carbonyl (C=O) groups excluding carboxylic acids is 1. The second kappa shape index (κ2) is 7.47. The quantitative estimate of drug-likeness (QED) is 0.366. The molecule has 0 saturated carbocycles. The van der Waals surface area contributed by atoms with Crippen LogP contribution in [0, 0.1) is 0 Å². The van der Waals surface area contributed by atoms with E-state index in [1.165, 1.54) is 11.8 Å². The number of halogens is 4. The van der Waals surface area contributed by atoms with E-state index < -0.39 is 29.4 Å². The van der Waals surface area contributed by atoms with E-state index in [4.69, 9.17) is 20.8 Å². The second-order valence-electron chi connectivity index (χ2n) is 6.42. The summed E-state index contributed by atoms with van der Waals surface area (Å²) in [6.07, 6.45) is 0.753. The van der Waals surface area contributed by atoms with Gasteiger partial charge in [-0.25, -0.2) is 14.8 Å². The minimum atomic E-state index is -3.54. The van der Waals surface area contributed by atoms with Gasteiger partial charge >= 0.3 is 12.0 Å². The van der Waals surface area contributed by atoms with Gasteiger partial charge in [0.2, 0.25) is 5.28 Å². The predicted octanol–water partition coefficient (Wildman–Crippen LogP) is 5.37. The van der Waals surface area contributed by atoms with Crippen LogP contribution in [0.15, 0.2) is 13.9 Å². The Morgan fingerprint density at radius 3 is 2.54 bits per heavy atom. The third kappa shape index (κ3) is 4.40. The van der Waals surface area contributed by atoms with Gasteiger partial charge < -0.3 is 14.5 Å². The Kier molecular flexibility index (Phi) is 6.09. The Labute approximate surface area is 166 Å². The van der Waals surface area contributed by atoms with Gasteiger partial charge in [0.1, 0.15) is 22.2 Å². The van der Waals surface area contributed by atoms with E-state index in [2.05, 4.69) is 31.2 Å². The van der Waals surface area contributed by atoms with Gasteiger partial charge in [-0.1, -0.05) is 0 Å². The first kappa shape index (κ1) is 21.2. The molecular formula is C15H17BrClF2N3O3S. The predicted molar refractivity (Wildman–Crippen MR) is 99.0 cm³/mol. The summed E-state index contributed by atoms with van der Waals surface area (Å²) in [4.78, 5) is 19.7. The fourth-order valence-electron chi connectivity index (χ4n) is 2.02. The molecule has 2 rings (SSSR count). The smallest absolute Gasteiger partial charge is 0.408 e. The monoisotopic (exact) mass is 471 g/mol. The minimum Gasteiger partial charge on any atom is -0.449 e. The molecule has 0 spiro atoms. The van der Waals surface area contributed by atoms with E-state index in [0.717, 1.165) is 6.92 Å². The van der Waals surface area contributed by atoms with Crippen molar-refractivity contribution < 1.29 is 22.7 Å². The molecule has 0 aliphatic rings. The molecule has 11 heteroatoms. The van der Waals surface area contributed by atoms with Gasteiger partial charge in [-0.2, -0.15) is 8.78 Å². The number of rotatable bonds is 4. The number of fused-ring (bicyclic) bond motifs is 1. The zero-order chi connectivity index (χ0) is 19.9. The molecule has 1 N–H and O–H groups in total. The van der Waals surface area contributed by atoms with Gasteiger partial charge in [0.25, 0.3) is 0 Å². The van der Waals surface area contributed by atoms with Crippen molar-refractivity contribution in [2.75, 3.05) is 6.26 Å². The zero-order valence-electron chi connectivity index (χ0n) is 14.6. The van der Waals surface area contributed by atoms with Gasteiger partial charge in [0.15, 0.2) is 11.3 Å². The van der Waals surface area contributed by atoms with Crippen molar-refractivity contribution >= 4 is 56.5 Å². The molecule has 0 aromatic carbocycles. The molecule has 2 aromatic rings. The Bertz CT molecular complexity index is 842. The number of hydrogen-bond donors (Lipinski definition) is 1. The summed E-state index contributed by atoms with van der Waals surface area (Å²) < 4.78 is 40.1. The minimum absolute atomic E-state index is 0.0464. The zero-order valence-corrected chi connectivity index (χ0v) is 17.8. The Morgan fingerprint density at radius 1 is 1.38 bits per heavy atom. The van der Waals surface area contributed by atoms with Crippen LogP contribution in [0.25, 0.3) is 11.1 Å². The number of alkyl halides is 2. The lowest BCUT2D eigenvalue weighted by atomic mass is 10.1. The Hall–Kier alpha value is -1.13.